The summed E-state index contributed by atoms with van der Waals surface area (Å²) < 4.78 is -1.03. The average molecular weight is 1100 g/mol. The fraction of sp³-hybridized carbons (Fsp3) is 0.542. The van der Waals surface area contributed by atoms with Gasteiger partial charge in [0.25, 0.3) is 0 Å². The number of imidazole rings is 1. The number of nitrogens with zero attached hydrogens (tertiary/aromatic N) is 1. The lowest BCUT2D eigenvalue weighted by atomic mass is 10.0. The molecule has 3 rings (SSSR count). The van der Waals surface area contributed by atoms with Gasteiger partial charge in [-0.3, -0.25) is 52.7 Å². The molecule has 0 saturated heterocycles. The number of aromatic nitrogens is 3. The minimum absolute atomic E-state index is 0.0887. The highest BCUT2D eigenvalue weighted by molar-refractivity contribution is 8.00. The summed E-state index contributed by atoms with van der Waals surface area (Å²) >= 11 is 2.67. The highest BCUT2D eigenvalue weighted by atomic mass is 32.2. The molecule has 28 heteroatoms. The van der Waals surface area contributed by atoms with E-state index >= 15 is 0 Å². The Hall–Kier alpha value is -7.20. The Labute approximate surface area is 448 Å². The third kappa shape index (κ3) is 20.5. The first kappa shape index (κ1) is 63.1. The molecule has 2 heterocycles. The van der Waals surface area contributed by atoms with Crippen molar-refractivity contribution in [2.75, 3.05) is 24.8 Å². The van der Waals surface area contributed by atoms with Crippen LogP contribution in [0.25, 0.3) is 10.9 Å². The highest BCUT2D eigenvalue weighted by Crippen LogP contribution is 2.26. The summed E-state index contributed by atoms with van der Waals surface area (Å²) in [5, 5.41) is 21.4. The molecule has 3 aromatic rings. The number of H-pyrrole nitrogens is 2. The van der Waals surface area contributed by atoms with Gasteiger partial charge in [0.1, 0.15) is 42.3 Å². The Morgan fingerprint density at radius 2 is 1.28 bits per heavy atom. The van der Waals surface area contributed by atoms with Crippen molar-refractivity contribution in [3.8, 4) is 0 Å². The van der Waals surface area contributed by atoms with Gasteiger partial charge in [0.2, 0.25) is 65.0 Å². The Morgan fingerprint density at radius 1 is 0.671 bits per heavy atom. The number of benzene rings is 1. The van der Waals surface area contributed by atoms with Gasteiger partial charge < -0.3 is 75.4 Å². The number of amides is 11. The van der Waals surface area contributed by atoms with Crippen molar-refractivity contribution in [3.05, 3.63) is 54.2 Å². The van der Waals surface area contributed by atoms with Crippen molar-refractivity contribution in [1.82, 2.24) is 57.5 Å². The lowest BCUT2D eigenvalue weighted by molar-refractivity contribution is -0.135. The van der Waals surface area contributed by atoms with E-state index in [-0.39, 0.29) is 44.4 Å². The SMILES string of the molecule is CSCC[C@H](NC(=O)[C@H](CC(C)C)NC(=O)[C@H](Cc1cnc[nH]1)NC(=O)CNC(=O)[C@@H](NC(=O)[C@@H](C)NC(=O)[C@H](Cc1c[nH]c2ccccc12)NC(=O)[C@@H](CCC(N)=O)NC(=O)[C@@H](N)CC(N)=O)C(C)(C)SC)C(N)=O. The van der Waals surface area contributed by atoms with Crippen LogP contribution in [0.3, 0.4) is 0 Å². The first-order chi connectivity index (χ1) is 35.8. The molecule has 0 fully saturated rings. The number of rotatable bonds is 33. The van der Waals surface area contributed by atoms with Crippen LogP contribution in [-0.2, 0) is 65.6 Å². The van der Waals surface area contributed by atoms with Crippen molar-refractivity contribution in [2.24, 2.45) is 28.9 Å². The molecule has 0 aliphatic carbocycles. The summed E-state index contributed by atoms with van der Waals surface area (Å²) in [5.74, 6) is -8.55. The van der Waals surface area contributed by atoms with E-state index in [0.717, 1.165) is 5.52 Å². The van der Waals surface area contributed by atoms with Gasteiger partial charge in [0.05, 0.1) is 25.3 Å². The van der Waals surface area contributed by atoms with Gasteiger partial charge in [-0.15, -0.1) is 0 Å². The molecule has 26 nitrogen and oxygen atoms in total. The Kier molecular flexibility index (Phi) is 25.2. The van der Waals surface area contributed by atoms with Crippen LogP contribution in [-0.4, -0.2) is 158 Å². The summed E-state index contributed by atoms with van der Waals surface area (Å²) in [5.41, 5.74) is 23.6. The Morgan fingerprint density at radius 3 is 1.88 bits per heavy atom. The number of para-hydroxylation sites is 1. The maximum Gasteiger partial charge on any atom is 0.244 e. The molecule has 76 heavy (non-hydrogen) atoms. The van der Waals surface area contributed by atoms with Gasteiger partial charge in [-0.25, -0.2) is 4.98 Å². The molecule has 0 aliphatic rings. The lowest BCUT2D eigenvalue weighted by Crippen LogP contribution is -2.62. The number of nitrogens with one attached hydrogen (secondary N) is 10. The number of aromatic amines is 2. The lowest BCUT2D eigenvalue weighted by Gasteiger charge is -2.33. The summed E-state index contributed by atoms with van der Waals surface area (Å²) in [7, 11) is 0. The van der Waals surface area contributed by atoms with E-state index in [1.54, 1.807) is 50.6 Å². The third-order valence-electron chi connectivity index (χ3n) is 12.0. The van der Waals surface area contributed by atoms with Crippen LogP contribution in [0.1, 0.15) is 78.0 Å². The minimum atomic E-state index is -1.47. The molecule has 0 bridgehead atoms. The highest BCUT2D eigenvalue weighted by Gasteiger charge is 2.38. The zero-order chi connectivity index (χ0) is 56.9. The molecule has 8 atom stereocenters. The molecular weight excluding hydrogens is 1030 g/mol. The molecule has 418 valence electrons. The quantitative estimate of drug-likeness (QED) is 0.0291. The topological polar surface area (TPSA) is 433 Å². The van der Waals surface area contributed by atoms with Gasteiger partial charge in [0, 0.05) is 53.0 Å². The number of fused-ring (bicyclic) bond motifs is 1. The minimum Gasteiger partial charge on any atom is -0.370 e. The van der Waals surface area contributed by atoms with E-state index in [2.05, 4.69) is 57.5 Å². The largest absolute Gasteiger partial charge is 0.370 e. The number of carbonyl (C=O) groups excluding carboxylic acids is 11. The summed E-state index contributed by atoms with van der Waals surface area (Å²) in [6.45, 7) is 7.66. The number of carbonyl (C=O) groups is 11. The van der Waals surface area contributed by atoms with Crippen LogP contribution in [0, 0.1) is 5.92 Å². The molecule has 18 N–H and O–H groups in total. The number of hydrogen-bond acceptors (Lipinski definition) is 15. The van der Waals surface area contributed by atoms with Crippen molar-refractivity contribution in [3.63, 3.8) is 0 Å². The zero-order valence-corrected chi connectivity index (χ0v) is 45.3. The fourth-order valence-corrected chi connectivity index (χ4v) is 8.45. The third-order valence-corrected chi connectivity index (χ3v) is 13.9. The molecular formula is C48H73N15O11S2. The van der Waals surface area contributed by atoms with Crippen molar-refractivity contribution < 1.29 is 52.7 Å². The van der Waals surface area contributed by atoms with Crippen LogP contribution in [0.15, 0.2) is 43.0 Å². The van der Waals surface area contributed by atoms with Crippen LogP contribution < -0.4 is 65.5 Å². The van der Waals surface area contributed by atoms with E-state index in [4.69, 9.17) is 22.9 Å². The molecule has 1 aromatic carbocycles. The first-order valence-electron chi connectivity index (χ1n) is 24.3. The maximum atomic E-state index is 14.2. The Bertz CT molecular complexity index is 2520. The Balaban J connectivity index is 1.81. The van der Waals surface area contributed by atoms with Gasteiger partial charge >= 0.3 is 0 Å². The molecule has 2 aromatic heterocycles. The molecule has 0 radical (unpaired) electrons. The molecule has 0 aliphatic heterocycles. The molecule has 11 amide bonds. The first-order valence-corrected chi connectivity index (χ1v) is 27.0. The predicted molar refractivity (Wildman–Crippen MR) is 286 cm³/mol. The van der Waals surface area contributed by atoms with Crippen LogP contribution >= 0.6 is 23.5 Å². The normalized spacial score (nSPS) is 14.5. The number of hydrogen-bond donors (Lipinski definition) is 14. The second-order valence-corrected chi connectivity index (χ2v) is 21.4. The number of thioether (sulfide) groups is 2. The van der Waals surface area contributed by atoms with Gasteiger partial charge in [-0.2, -0.15) is 23.5 Å². The fourth-order valence-electron chi connectivity index (χ4n) is 7.57. The maximum absolute atomic E-state index is 14.2. The smallest absolute Gasteiger partial charge is 0.244 e. The van der Waals surface area contributed by atoms with Gasteiger partial charge in [-0.05, 0) is 75.8 Å². The van der Waals surface area contributed by atoms with Gasteiger partial charge in [-0.1, -0.05) is 32.0 Å². The monoisotopic (exact) mass is 1100 g/mol. The van der Waals surface area contributed by atoms with E-state index < -0.39 is 131 Å². The van der Waals surface area contributed by atoms with E-state index in [0.29, 0.717) is 22.4 Å². The molecule has 0 unspecified atom stereocenters. The van der Waals surface area contributed by atoms with Crippen LogP contribution in [0.5, 0.6) is 0 Å². The second-order valence-electron chi connectivity index (χ2n) is 19.0. The zero-order valence-electron chi connectivity index (χ0n) is 43.7. The average Bonchev–Trinajstić information content (AvgIpc) is 4.03. The summed E-state index contributed by atoms with van der Waals surface area (Å²) in [6.07, 6.45) is 6.95. The number of primary amides is 3. The molecule has 0 saturated carbocycles. The second kappa shape index (κ2) is 30.4. The summed E-state index contributed by atoms with van der Waals surface area (Å²) in [6, 6.07) is -3.28. The standard InChI is InChI=1S/C48H73N15O11S2/c1-24(2)16-33(45(72)59-31(40(52)67)14-15-75-6)61-46(73)35(18-27-21-53-23-56-27)58-38(66)22-55-47(74)39(48(4,5)76-7)63-41(68)25(3)57-44(71)34(17-26-20-54-30-11-9-8-10-28(26)30)62-43(70)32(12-13-36(50)64)60-42(69)29(49)19-37(51)65/h8-11,20-21,23-25,29,31-35,39,54H,12-19,22,49H2,1-7H3,(H2,50,64)(H2,51,65)(H2,52,67)(H,53,56)(H,55,74)(H,57,71)(H,58,66)(H,59,72)(H,60,69)(H,61,73)(H,62,70)(H,63,68)/t25-,29+,31+,32-,33+,34+,35+,39-/m1/s1. The van der Waals surface area contributed by atoms with E-state index in [1.807, 2.05) is 20.1 Å². The van der Waals surface area contributed by atoms with Gasteiger partial charge in [0.15, 0.2) is 0 Å². The van der Waals surface area contributed by atoms with E-state index in [1.165, 1.54) is 43.0 Å². The summed E-state index contributed by atoms with van der Waals surface area (Å²) in [4.78, 5) is 155. The van der Waals surface area contributed by atoms with E-state index in [9.17, 15) is 52.7 Å². The number of nitrogens with two attached hydrogens (primary N) is 4. The van der Waals surface area contributed by atoms with Crippen LogP contribution in [0.4, 0.5) is 0 Å². The molecule has 0 spiro atoms. The van der Waals surface area contributed by atoms with Crippen molar-refractivity contribution in [2.45, 2.75) is 133 Å². The predicted octanol–water partition coefficient (Wildman–Crippen LogP) is -2.90. The van der Waals surface area contributed by atoms with Crippen molar-refractivity contribution in [1.29, 1.82) is 0 Å². The van der Waals surface area contributed by atoms with Crippen molar-refractivity contribution >= 4 is 99.4 Å². The van der Waals surface area contributed by atoms with Crippen LogP contribution in [0.2, 0.25) is 0 Å².